The van der Waals surface area contributed by atoms with E-state index in [4.69, 9.17) is 9.47 Å². The Hall–Kier alpha value is -1.82. The monoisotopic (exact) mass is 341 g/mol. The van der Waals surface area contributed by atoms with Crippen LogP contribution in [0.4, 0.5) is 14.5 Å². The van der Waals surface area contributed by atoms with Gasteiger partial charge in [-0.25, -0.2) is 8.78 Å². The van der Waals surface area contributed by atoms with Crippen molar-refractivity contribution in [3.8, 4) is 11.5 Å². The van der Waals surface area contributed by atoms with Gasteiger partial charge >= 0.3 is 0 Å². The van der Waals surface area contributed by atoms with E-state index in [2.05, 4.69) is 21.2 Å². The van der Waals surface area contributed by atoms with E-state index in [0.717, 1.165) is 11.6 Å². The molecule has 20 heavy (non-hydrogen) atoms. The van der Waals surface area contributed by atoms with Crippen LogP contribution in [0.5, 0.6) is 11.5 Å². The van der Waals surface area contributed by atoms with Crippen LogP contribution in [0, 0.1) is 11.6 Å². The first-order valence-electron chi connectivity index (χ1n) is 5.90. The molecule has 6 heteroatoms. The summed E-state index contributed by atoms with van der Waals surface area (Å²) in [5.74, 6) is 0.103. The maximum absolute atomic E-state index is 13.7. The summed E-state index contributed by atoms with van der Waals surface area (Å²) in [4.78, 5) is 0. The van der Waals surface area contributed by atoms with Crippen molar-refractivity contribution in [3.05, 3.63) is 52.0 Å². The van der Waals surface area contributed by atoms with Crippen LogP contribution in [0.25, 0.3) is 0 Å². The molecule has 0 amide bonds. The van der Waals surface area contributed by atoms with Gasteiger partial charge in [-0.2, -0.15) is 0 Å². The van der Waals surface area contributed by atoms with E-state index >= 15 is 0 Å². The van der Waals surface area contributed by atoms with Crippen molar-refractivity contribution < 1.29 is 18.3 Å². The zero-order chi connectivity index (χ0) is 14.1. The van der Waals surface area contributed by atoms with E-state index in [9.17, 15) is 8.78 Å². The zero-order valence-electron chi connectivity index (χ0n) is 10.3. The van der Waals surface area contributed by atoms with Crippen molar-refractivity contribution in [2.45, 2.75) is 6.54 Å². The molecular formula is C14H10BrF2NO2. The number of ether oxygens (including phenoxy) is 2. The molecule has 0 saturated carbocycles. The molecule has 0 fully saturated rings. The quantitative estimate of drug-likeness (QED) is 0.912. The molecular weight excluding hydrogens is 332 g/mol. The molecule has 0 unspecified atom stereocenters. The van der Waals surface area contributed by atoms with E-state index in [1.807, 2.05) is 12.1 Å². The molecule has 0 bridgehead atoms. The number of nitrogens with one attached hydrogen (secondary N) is 1. The van der Waals surface area contributed by atoms with Crippen LogP contribution in [0.2, 0.25) is 0 Å². The predicted molar refractivity (Wildman–Crippen MR) is 73.9 cm³/mol. The second kappa shape index (κ2) is 5.28. The van der Waals surface area contributed by atoms with Gasteiger partial charge in [0, 0.05) is 17.1 Å². The first-order valence-corrected chi connectivity index (χ1v) is 6.70. The van der Waals surface area contributed by atoms with E-state index in [-0.39, 0.29) is 12.5 Å². The third kappa shape index (κ3) is 2.56. The van der Waals surface area contributed by atoms with Gasteiger partial charge in [-0.15, -0.1) is 0 Å². The summed E-state index contributed by atoms with van der Waals surface area (Å²) in [6.45, 7) is 0.599. The van der Waals surface area contributed by atoms with Gasteiger partial charge in [0.2, 0.25) is 6.79 Å². The minimum atomic E-state index is -0.641. The third-order valence-corrected chi connectivity index (χ3v) is 3.54. The first-order chi connectivity index (χ1) is 9.63. The summed E-state index contributed by atoms with van der Waals surface area (Å²) in [7, 11) is 0. The van der Waals surface area contributed by atoms with Crippen LogP contribution in [-0.2, 0) is 6.54 Å². The van der Waals surface area contributed by atoms with Crippen molar-refractivity contribution in [1.82, 2.24) is 0 Å². The van der Waals surface area contributed by atoms with E-state index in [0.29, 0.717) is 22.5 Å². The van der Waals surface area contributed by atoms with E-state index in [1.165, 1.54) is 6.07 Å². The van der Waals surface area contributed by atoms with Crippen molar-refractivity contribution in [2.75, 3.05) is 12.1 Å². The molecule has 2 aromatic carbocycles. The summed E-state index contributed by atoms with van der Waals surface area (Å²) >= 11 is 3.13. The van der Waals surface area contributed by atoms with Crippen LogP contribution < -0.4 is 14.8 Å². The molecule has 0 spiro atoms. The molecule has 1 N–H and O–H groups in total. The van der Waals surface area contributed by atoms with Crippen molar-refractivity contribution >= 4 is 21.6 Å². The molecule has 3 nitrogen and oxygen atoms in total. The summed E-state index contributed by atoms with van der Waals surface area (Å²) in [6.07, 6.45) is 0. The Morgan fingerprint density at radius 2 is 1.90 bits per heavy atom. The summed E-state index contributed by atoms with van der Waals surface area (Å²) in [5.41, 5.74) is 1.13. The van der Waals surface area contributed by atoms with Crippen molar-refractivity contribution in [2.24, 2.45) is 0 Å². The molecule has 1 aliphatic rings. The Morgan fingerprint density at radius 3 is 2.70 bits per heavy atom. The number of fused-ring (bicyclic) bond motifs is 1. The fourth-order valence-corrected chi connectivity index (χ4v) is 2.50. The second-order valence-electron chi connectivity index (χ2n) is 4.29. The van der Waals surface area contributed by atoms with Gasteiger partial charge in [0.15, 0.2) is 11.5 Å². The first kappa shape index (κ1) is 13.2. The normalized spacial score (nSPS) is 12.6. The lowest BCUT2D eigenvalue weighted by molar-refractivity contribution is 0.174. The Labute approximate surface area is 122 Å². The summed E-state index contributed by atoms with van der Waals surface area (Å²) in [6, 6.07) is 7.54. The van der Waals surface area contributed by atoms with Gasteiger partial charge in [-0.3, -0.25) is 0 Å². The molecule has 2 aromatic rings. The summed E-state index contributed by atoms with van der Waals surface area (Å²) < 4.78 is 37.5. The lowest BCUT2D eigenvalue weighted by Gasteiger charge is -2.10. The fourth-order valence-electron chi connectivity index (χ4n) is 1.95. The topological polar surface area (TPSA) is 30.5 Å². The van der Waals surface area contributed by atoms with Crippen LogP contribution in [-0.4, -0.2) is 6.79 Å². The molecule has 1 aliphatic heterocycles. The third-order valence-electron chi connectivity index (χ3n) is 2.91. The molecule has 0 aromatic heterocycles. The van der Waals surface area contributed by atoms with Crippen LogP contribution in [0.3, 0.4) is 0 Å². The SMILES string of the molecule is Fc1cc(F)c(NCc2ccc3c(c2)OCO3)c(Br)c1. The molecule has 0 atom stereocenters. The number of benzene rings is 2. The molecule has 0 aliphatic carbocycles. The molecule has 0 radical (unpaired) electrons. The highest BCUT2D eigenvalue weighted by atomic mass is 79.9. The Morgan fingerprint density at radius 1 is 1.10 bits per heavy atom. The summed E-state index contributed by atoms with van der Waals surface area (Å²) in [5, 5.41) is 2.93. The van der Waals surface area contributed by atoms with Gasteiger partial charge in [0.25, 0.3) is 0 Å². The number of halogens is 3. The van der Waals surface area contributed by atoms with Crippen LogP contribution in [0.15, 0.2) is 34.8 Å². The van der Waals surface area contributed by atoms with Crippen molar-refractivity contribution in [3.63, 3.8) is 0 Å². The average Bonchev–Trinajstić information content (AvgIpc) is 2.84. The van der Waals surface area contributed by atoms with Gasteiger partial charge in [0.1, 0.15) is 11.6 Å². The smallest absolute Gasteiger partial charge is 0.231 e. The van der Waals surface area contributed by atoms with Gasteiger partial charge in [0.05, 0.1) is 5.69 Å². The minimum Gasteiger partial charge on any atom is -0.454 e. The molecule has 3 rings (SSSR count). The maximum Gasteiger partial charge on any atom is 0.231 e. The number of anilines is 1. The molecule has 104 valence electrons. The van der Waals surface area contributed by atoms with Crippen molar-refractivity contribution in [1.29, 1.82) is 0 Å². The molecule has 0 saturated heterocycles. The highest BCUT2D eigenvalue weighted by molar-refractivity contribution is 9.10. The van der Waals surface area contributed by atoms with E-state index in [1.54, 1.807) is 6.07 Å². The highest BCUT2D eigenvalue weighted by Crippen LogP contribution is 2.33. The lowest BCUT2D eigenvalue weighted by Crippen LogP contribution is -2.03. The number of hydrogen-bond donors (Lipinski definition) is 1. The minimum absolute atomic E-state index is 0.213. The van der Waals surface area contributed by atoms with Gasteiger partial charge in [-0.1, -0.05) is 6.07 Å². The second-order valence-corrected chi connectivity index (χ2v) is 5.14. The van der Waals surface area contributed by atoms with E-state index < -0.39 is 11.6 Å². The zero-order valence-corrected chi connectivity index (χ0v) is 11.8. The number of hydrogen-bond acceptors (Lipinski definition) is 3. The highest BCUT2D eigenvalue weighted by Gasteiger charge is 2.14. The Bertz CT molecular complexity index is 641. The average molecular weight is 342 g/mol. The standard InChI is InChI=1S/C14H10BrF2NO2/c15-10-4-9(16)5-11(17)14(10)18-6-8-1-2-12-13(3-8)20-7-19-12/h1-5,18H,6-7H2. The van der Waals surface area contributed by atoms with Gasteiger partial charge in [-0.05, 0) is 39.7 Å². The fraction of sp³-hybridized carbons (Fsp3) is 0.143. The Kier molecular flexibility index (Phi) is 3.48. The molecule has 1 heterocycles. The maximum atomic E-state index is 13.7. The number of rotatable bonds is 3. The predicted octanol–water partition coefficient (Wildman–Crippen LogP) is 4.07. The Balaban J connectivity index is 1.77. The van der Waals surface area contributed by atoms with Crippen LogP contribution >= 0.6 is 15.9 Å². The lowest BCUT2D eigenvalue weighted by atomic mass is 10.2. The van der Waals surface area contributed by atoms with Gasteiger partial charge < -0.3 is 14.8 Å². The van der Waals surface area contributed by atoms with Crippen LogP contribution in [0.1, 0.15) is 5.56 Å². The largest absolute Gasteiger partial charge is 0.454 e.